The van der Waals surface area contributed by atoms with E-state index in [4.69, 9.17) is 13.7 Å². The Balaban J connectivity index is 1.85. The molecular weight excluding hydrogens is 314 g/mol. The van der Waals surface area contributed by atoms with E-state index in [-0.39, 0.29) is 29.4 Å². The summed E-state index contributed by atoms with van der Waals surface area (Å²) < 4.78 is 15.3. The Morgan fingerprint density at radius 3 is 2.88 bits per heavy atom. The lowest BCUT2D eigenvalue weighted by Gasteiger charge is -2.21. The van der Waals surface area contributed by atoms with Crippen LogP contribution in [0, 0.1) is 0 Å². The molecule has 1 unspecified atom stereocenters. The van der Waals surface area contributed by atoms with Crippen LogP contribution >= 0.6 is 0 Å². The minimum absolute atomic E-state index is 0.0275. The highest BCUT2D eigenvalue weighted by Gasteiger charge is 2.35. The van der Waals surface area contributed by atoms with Gasteiger partial charge in [0.1, 0.15) is 6.26 Å². The molecule has 8 nitrogen and oxygen atoms in total. The molecule has 2 aromatic rings. The van der Waals surface area contributed by atoms with Gasteiger partial charge in [0.25, 0.3) is 5.91 Å². The van der Waals surface area contributed by atoms with Gasteiger partial charge in [-0.1, -0.05) is 19.0 Å². The Morgan fingerprint density at radius 1 is 1.46 bits per heavy atom. The first kappa shape index (κ1) is 16.2. The lowest BCUT2D eigenvalue weighted by atomic mass is 10.2. The summed E-state index contributed by atoms with van der Waals surface area (Å²) in [6.45, 7) is 4.46. The van der Waals surface area contributed by atoms with Crippen molar-refractivity contribution in [2.24, 2.45) is 0 Å². The Morgan fingerprint density at radius 2 is 2.25 bits per heavy atom. The van der Waals surface area contributed by atoms with Crippen LogP contribution in [-0.2, 0) is 0 Å². The highest BCUT2D eigenvalue weighted by molar-refractivity contribution is 5.91. The molecule has 0 aromatic carbocycles. The minimum atomic E-state index is -0.399. The third-order valence-corrected chi connectivity index (χ3v) is 3.99. The van der Waals surface area contributed by atoms with Crippen LogP contribution in [0.5, 0.6) is 5.75 Å². The summed E-state index contributed by atoms with van der Waals surface area (Å²) in [5.74, 6) is 0.815. The van der Waals surface area contributed by atoms with Crippen LogP contribution < -0.4 is 10.2 Å². The Bertz CT molecular complexity index is 795. The first-order valence-electron chi connectivity index (χ1n) is 7.82. The quantitative estimate of drug-likeness (QED) is 0.845. The van der Waals surface area contributed by atoms with Crippen molar-refractivity contribution in [1.29, 1.82) is 0 Å². The predicted octanol–water partition coefficient (Wildman–Crippen LogP) is 2.13. The molecule has 3 heterocycles. The van der Waals surface area contributed by atoms with Crippen molar-refractivity contribution in [3.63, 3.8) is 0 Å². The molecule has 0 aliphatic carbocycles. The maximum absolute atomic E-state index is 12.7. The fourth-order valence-corrected chi connectivity index (χ4v) is 2.70. The summed E-state index contributed by atoms with van der Waals surface area (Å²) >= 11 is 0. The average molecular weight is 333 g/mol. The van der Waals surface area contributed by atoms with Gasteiger partial charge in [0.2, 0.25) is 17.1 Å². The molecule has 1 fully saturated rings. The summed E-state index contributed by atoms with van der Waals surface area (Å²) in [5.41, 5.74) is -0.399. The van der Waals surface area contributed by atoms with E-state index < -0.39 is 5.43 Å². The molecule has 1 saturated heterocycles. The number of carbonyl (C=O) groups excluding carboxylic acids is 1. The molecule has 1 aliphatic rings. The number of ether oxygens (including phenoxy) is 1. The number of carbonyl (C=O) groups is 1. The van der Waals surface area contributed by atoms with Gasteiger partial charge in [-0.25, -0.2) is 0 Å². The Hall–Kier alpha value is -2.64. The number of nitrogens with zero attached hydrogens (tertiary/aromatic N) is 3. The van der Waals surface area contributed by atoms with E-state index in [0.29, 0.717) is 18.3 Å². The van der Waals surface area contributed by atoms with E-state index in [2.05, 4.69) is 10.1 Å². The van der Waals surface area contributed by atoms with Crippen LogP contribution in [0.3, 0.4) is 0 Å². The summed E-state index contributed by atoms with van der Waals surface area (Å²) in [6, 6.07) is 0.868. The van der Waals surface area contributed by atoms with Crippen LogP contribution in [-0.4, -0.2) is 34.6 Å². The smallest absolute Gasteiger partial charge is 0.290 e. The third kappa shape index (κ3) is 2.91. The molecule has 0 bridgehead atoms. The van der Waals surface area contributed by atoms with Crippen LogP contribution in [0.4, 0.5) is 0 Å². The standard InChI is InChI=1S/C16H19N3O5/c1-9(2)15-17-14(18-24-15)10-5-4-6-19(10)16(21)12-7-11(20)13(22-3)8-23-12/h7-10H,4-6H2,1-3H3. The zero-order valence-corrected chi connectivity index (χ0v) is 13.8. The van der Waals surface area contributed by atoms with Crippen molar-refractivity contribution in [2.45, 2.75) is 38.6 Å². The van der Waals surface area contributed by atoms with E-state index in [1.54, 1.807) is 4.90 Å². The van der Waals surface area contributed by atoms with Gasteiger partial charge in [-0.05, 0) is 12.8 Å². The molecule has 0 saturated carbocycles. The van der Waals surface area contributed by atoms with Crippen LogP contribution in [0.1, 0.15) is 60.9 Å². The molecule has 8 heteroatoms. The van der Waals surface area contributed by atoms with E-state index in [0.717, 1.165) is 25.2 Å². The SMILES string of the molecule is COc1coc(C(=O)N2CCCC2c2noc(C(C)C)n2)cc1=O. The number of likely N-dealkylation sites (tertiary alicyclic amines) is 1. The molecule has 1 amide bonds. The van der Waals surface area contributed by atoms with Crippen molar-refractivity contribution in [2.75, 3.05) is 13.7 Å². The zero-order chi connectivity index (χ0) is 17.3. The molecule has 128 valence electrons. The predicted molar refractivity (Wildman–Crippen MR) is 82.9 cm³/mol. The summed E-state index contributed by atoms with van der Waals surface area (Å²) in [7, 11) is 1.37. The molecule has 2 aromatic heterocycles. The third-order valence-electron chi connectivity index (χ3n) is 3.99. The van der Waals surface area contributed by atoms with E-state index >= 15 is 0 Å². The molecule has 24 heavy (non-hydrogen) atoms. The van der Waals surface area contributed by atoms with Crippen molar-refractivity contribution >= 4 is 5.91 Å². The van der Waals surface area contributed by atoms with Crippen molar-refractivity contribution < 1.29 is 18.5 Å². The monoisotopic (exact) mass is 333 g/mol. The molecular formula is C16H19N3O5. The number of amides is 1. The summed E-state index contributed by atoms with van der Waals surface area (Å²) in [4.78, 5) is 30.5. The topological polar surface area (TPSA) is 98.7 Å². The number of hydrogen-bond acceptors (Lipinski definition) is 7. The maximum Gasteiger partial charge on any atom is 0.290 e. The van der Waals surface area contributed by atoms with Gasteiger partial charge in [0, 0.05) is 18.5 Å². The van der Waals surface area contributed by atoms with Crippen molar-refractivity contribution in [1.82, 2.24) is 15.0 Å². The van der Waals surface area contributed by atoms with Crippen LogP contribution in [0.25, 0.3) is 0 Å². The largest absolute Gasteiger partial charge is 0.490 e. The van der Waals surface area contributed by atoms with Crippen molar-refractivity contribution in [3.8, 4) is 5.75 Å². The number of rotatable bonds is 4. The number of aromatic nitrogens is 2. The van der Waals surface area contributed by atoms with Gasteiger partial charge >= 0.3 is 0 Å². The Labute approximate surface area is 138 Å². The van der Waals surface area contributed by atoms with Gasteiger partial charge in [-0.15, -0.1) is 0 Å². The molecule has 3 rings (SSSR count). The molecule has 0 spiro atoms. The average Bonchev–Trinajstić information content (AvgIpc) is 3.22. The molecule has 0 radical (unpaired) electrons. The second-order valence-electron chi connectivity index (χ2n) is 5.98. The van der Waals surface area contributed by atoms with Gasteiger partial charge in [0.15, 0.2) is 11.6 Å². The van der Waals surface area contributed by atoms with Crippen LogP contribution in [0.2, 0.25) is 0 Å². The van der Waals surface area contributed by atoms with Gasteiger partial charge in [-0.2, -0.15) is 4.98 Å². The first-order valence-corrected chi connectivity index (χ1v) is 7.82. The molecule has 1 atom stereocenters. The van der Waals surface area contributed by atoms with E-state index in [9.17, 15) is 9.59 Å². The Kier molecular flexibility index (Phi) is 4.37. The van der Waals surface area contributed by atoms with Crippen molar-refractivity contribution in [3.05, 3.63) is 40.0 Å². The van der Waals surface area contributed by atoms with Gasteiger partial charge in [0.05, 0.1) is 13.2 Å². The number of hydrogen-bond donors (Lipinski definition) is 0. The second-order valence-corrected chi connectivity index (χ2v) is 5.98. The number of methoxy groups -OCH3 is 1. The fourth-order valence-electron chi connectivity index (χ4n) is 2.70. The highest BCUT2D eigenvalue weighted by atomic mass is 16.5. The second kappa shape index (κ2) is 6.46. The van der Waals surface area contributed by atoms with Gasteiger partial charge in [-0.3, -0.25) is 9.59 Å². The highest BCUT2D eigenvalue weighted by Crippen LogP contribution is 2.32. The maximum atomic E-state index is 12.7. The van der Waals surface area contributed by atoms with E-state index in [1.165, 1.54) is 7.11 Å². The summed E-state index contributed by atoms with van der Waals surface area (Å²) in [6.07, 6.45) is 2.71. The molecule has 0 N–H and O–H groups in total. The van der Waals surface area contributed by atoms with Gasteiger partial charge < -0.3 is 18.6 Å². The first-order chi connectivity index (χ1) is 11.5. The fraction of sp³-hybridized carbons (Fsp3) is 0.500. The lowest BCUT2D eigenvalue weighted by Crippen LogP contribution is -2.31. The minimum Gasteiger partial charge on any atom is -0.490 e. The van der Waals surface area contributed by atoms with E-state index in [1.807, 2.05) is 13.8 Å². The zero-order valence-electron chi connectivity index (χ0n) is 13.8. The summed E-state index contributed by atoms with van der Waals surface area (Å²) in [5, 5.41) is 4.00. The lowest BCUT2D eigenvalue weighted by molar-refractivity contribution is 0.0692. The normalized spacial score (nSPS) is 17.5. The molecule has 1 aliphatic heterocycles. The van der Waals surface area contributed by atoms with Crippen LogP contribution in [0.15, 0.2) is 26.1 Å².